The molecule has 4 rings (SSSR count). The average molecular weight is 405 g/mol. The monoisotopic (exact) mass is 404 g/mol. The summed E-state index contributed by atoms with van der Waals surface area (Å²) in [6, 6.07) is 13.3. The molecule has 1 aliphatic rings. The summed E-state index contributed by atoms with van der Waals surface area (Å²) in [6.07, 6.45) is 0. The number of benzene rings is 2. The van der Waals surface area contributed by atoms with Crippen LogP contribution >= 0.6 is 0 Å². The van der Waals surface area contributed by atoms with E-state index in [0.29, 0.717) is 37.6 Å². The van der Waals surface area contributed by atoms with Crippen molar-refractivity contribution in [2.24, 2.45) is 5.41 Å². The SMILES string of the molecule is Cc1ccc2c(N3CCN(C(=O)C(C)(C)C)CC3)nc(-c3ccccc3O)nc2c1. The lowest BCUT2D eigenvalue weighted by atomic mass is 9.94. The highest BCUT2D eigenvalue weighted by Gasteiger charge is 2.30. The molecule has 0 spiro atoms. The van der Waals surface area contributed by atoms with Crippen molar-refractivity contribution in [1.82, 2.24) is 14.9 Å². The van der Waals surface area contributed by atoms with Crippen molar-refractivity contribution in [3.8, 4) is 17.1 Å². The van der Waals surface area contributed by atoms with Crippen LogP contribution in [0.15, 0.2) is 42.5 Å². The molecule has 6 heteroatoms. The lowest BCUT2D eigenvalue weighted by Crippen LogP contribution is -2.52. The molecule has 1 amide bonds. The number of nitrogens with zero attached hydrogens (tertiary/aromatic N) is 4. The Kier molecular flexibility index (Phi) is 5.10. The first kappa shape index (κ1) is 20.1. The first-order chi connectivity index (χ1) is 14.2. The second kappa shape index (κ2) is 7.59. The summed E-state index contributed by atoms with van der Waals surface area (Å²) in [6.45, 7) is 10.7. The van der Waals surface area contributed by atoms with Gasteiger partial charge in [-0.2, -0.15) is 0 Å². The zero-order valence-electron chi connectivity index (χ0n) is 18.0. The van der Waals surface area contributed by atoms with Crippen LogP contribution in [-0.4, -0.2) is 52.1 Å². The van der Waals surface area contributed by atoms with Gasteiger partial charge in [0.2, 0.25) is 5.91 Å². The molecular weight excluding hydrogens is 376 g/mol. The molecular formula is C24H28N4O2. The highest BCUT2D eigenvalue weighted by molar-refractivity contribution is 5.92. The fraction of sp³-hybridized carbons (Fsp3) is 0.375. The molecule has 1 aliphatic heterocycles. The molecule has 0 atom stereocenters. The molecule has 1 saturated heterocycles. The van der Waals surface area contributed by atoms with E-state index in [2.05, 4.69) is 17.0 Å². The van der Waals surface area contributed by atoms with E-state index in [1.54, 1.807) is 12.1 Å². The van der Waals surface area contributed by atoms with Crippen LogP contribution in [0.5, 0.6) is 5.75 Å². The summed E-state index contributed by atoms with van der Waals surface area (Å²) < 4.78 is 0. The molecule has 30 heavy (non-hydrogen) atoms. The molecule has 0 aliphatic carbocycles. The van der Waals surface area contributed by atoms with Crippen LogP contribution < -0.4 is 4.90 Å². The van der Waals surface area contributed by atoms with Crippen molar-refractivity contribution in [3.63, 3.8) is 0 Å². The van der Waals surface area contributed by atoms with Crippen LogP contribution in [0, 0.1) is 12.3 Å². The number of phenols is 1. The quantitative estimate of drug-likeness (QED) is 0.699. The van der Waals surface area contributed by atoms with Gasteiger partial charge >= 0.3 is 0 Å². The van der Waals surface area contributed by atoms with Crippen molar-refractivity contribution in [2.75, 3.05) is 31.1 Å². The maximum Gasteiger partial charge on any atom is 0.228 e. The number of aromatic nitrogens is 2. The standard InChI is InChI=1S/C24H28N4O2/c1-16-9-10-17-19(15-16)25-21(18-7-5-6-8-20(18)29)26-22(17)27-11-13-28(14-12-27)23(30)24(2,3)4/h5-10,15,29H,11-14H2,1-4H3. The summed E-state index contributed by atoms with van der Waals surface area (Å²) in [5, 5.41) is 11.3. The van der Waals surface area contributed by atoms with Gasteiger partial charge in [-0.15, -0.1) is 0 Å². The Bertz CT molecular complexity index is 1100. The number of hydrogen-bond acceptors (Lipinski definition) is 5. The second-order valence-corrected chi connectivity index (χ2v) is 8.94. The summed E-state index contributed by atoms with van der Waals surface area (Å²) in [7, 11) is 0. The minimum Gasteiger partial charge on any atom is -0.507 e. The highest BCUT2D eigenvalue weighted by atomic mass is 16.3. The van der Waals surface area contributed by atoms with Gasteiger partial charge in [0.05, 0.1) is 11.1 Å². The number of piperazine rings is 1. The normalized spacial score (nSPS) is 14.9. The van der Waals surface area contributed by atoms with Crippen LogP contribution in [0.4, 0.5) is 5.82 Å². The van der Waals surface area contributed by atoms with Crippen molar-refractivity contribution in [2.45, 2.75) is 27.7 Å². The first-order valence-corrected chi connectivity index (χ1v) is 10.3. The molecule has 2 aromatic carbocycles. The Balaban J connectivity index is 1.72. The van der Waals surface area contributed by atoms with Gasteiger partial charge in [0.25, 0.3) is 0 Å². The van der Waals surface area contributed by atoms with Gasteiger partial charge < -0.3 is 14.9 Å². The number of carbonyl (C=O) groups excluding carboxylic acids is 1. The molecule has 0 bridgehead atoms. The lowest BCUT2D eigenvalue weighted by Gasteiger charge is -2.38. The Labute approximate surface area is 177 Å². The van der Waals surface area contributed by atoms with E-state index < -0.39 is 0 Å². The van der Waals surface area contributed by atoms with Crippen LogP contribution in [0.2, 0.25) is 0 Å². The molecule has 6 nitrogen and oxygen atoms in total. The Morgan fingerprint density at radius 3 is 2.37 bits per heavy atom. The number of para-hydroxylation sites is 1. The number of aryl methyl sites for hydroxylation is 1. The number of anilines is 1. The minimum atomic E-state index is -0.376. The molecule has 1 fully saturated rings. The Morgan fingerprint density at radius 2 is 1.70 bits per heavy atom. The molecule has 1 N–H and O–H groups in total. The van der Waals surface area contributed by atoms with E-state index in [1.807, 2.05) is 50.8 Å². The number of carbonyl (C=O) groups is 1. The maximum absolute atomic E-state index is 12.6. The van der Waals surface area contributed by atoms with E-state index in [4.69, 9.17) is 9.97 Å². The first-order valence-electron chi connectivity index (χ1n) is 10.3. The van der Waals surface area contributed by atoms with Crippen molar-refractivity contribution >= 4 is 22.6 Å². The van der Waals surface area contributed by atoms with Crippen LogP contribution in [0.25, 0.3) is 22.3 Å². The Morgan fingerprint density at radius 1 is 1.00 bits per heavy atom. The number of rotatable bonds is 2. The van der Waals surface area contributed by atoms with E-state index in [0.717, 1.165) is 22.3 Å². The summed E-state index contributed by atoms with van der Waals surface area (Å²) >= 11 is 0. The number of hydrogen-bond donors (Lipinski definition) is 1. The van der Waals surface area contributed by atoms with Crippen molar-refractivity contribution < 1.29 is 9.90 Å². The molecule has 3 aromatic rings. The summed E-state index contributed by atoms with van der Waals surface area (Å²) in [5.41, 5.74) is 2.21. The van der Waals surface area contributed by atoms with Crippen molar-refractivity contribution in [1.29, 1.82) is 0 Å². The van der Waals surface area contributed by atoms with Crippen molar-refractivity contribution in [3.05, 3.63) is 48.0 Å². The molecule has 1 aromatic heterocycles. The predicted molar refractivity (Wildman–Crippen MR) is 120 cm³/mol. The molecule has 0 saturated carbocycles. The minimum absolute atomic E-state index is 0.163. The average Bonchev–Trinajstić information content (AvgIpc) is 2.72. The van der Waals surface area contributed by atoms with Crippen LogP contribution in [0.1, 0.15) is 26.3 Å². The van der Waals surface area contributed by atoms with E-state index >= 15 is 0 Å². The third kappa shape index (κ3) is 3.82. The second-order valence-electron chi connectivity index (χ2n) is 8.94. The number of fused-ring (bicyclic) bond motifs is 1. The van der Waals surface area contributed by atoms with Gasteiger partial charge in [-0.05, 0) is 36.8 Å². The number of phenolic OH excluding ortho intramolecular Hbond substituents is 1. The topological polar surface area (TPSA) is 69.6 Å². The van der Waals surface area contributed by atoms with E-state index in [9.17, 15) is 9.90 Å². The maximum atomic E-state index is 12.6. The summed E-state index contributed by atoms with van der Waals surface area (Å²) in [4.78, 5) is 26.4. The zero-order valence-corrected chi connectivity index (χ0v) is 18.0. The smallest absolute Gasteiger partial charge is 0.228 e. The molecule has 156 valence electrons. The fourth-order valence-corrected chi connectivity index (χ4v) is 3.84. The van der Waals surface area contributed by atoms with Crippen LogP contribution in [-0.2, 0) is 4.79 Å². The number of aromatic hydroxyl groups is 1. The number of amides is 1. The molecule has 2 heterocycles. The predicted octanol–water partition coefficient (Wildman–Crippen LogP) is 4.01. The summed E-state index contributed by atoms with van der Waals surface area (Å²) in [5.74, 6) is 1.70. The van der Waals surface area contributed by atoms with Gasteiger partial charge in [-0.1, -0.05) is 39.0 Å². The fourth-order valence-electron chi connectivity index (χ4n) is 3.84. The molecule has 0 unspecified atom stereocenters. The lowest BCUT2D eigenvalue weighted by molar-refractivity contribution is -0.139. The van der Waals surface area contributed by atoms with Gasteiger partial charge in [-0.25, -0.2) is 9.97 Å². The van der Waals surface area contributed by atoms with E-state index in [1.165, 1.54) is 0 Å². The largest absolute Gasteiger partial charge is 0.507 e. The van der Waals surface area contributed by atoms with Gasteiger partial charge in [0.1, 0.15) is 11.6 Å². The zero-order chi connectivity index (χ0) is 21.5. The third-order valence-corrected chi connectivity index (χ3v) is 5.49. The Hall–Kier alpha value is -3.15. The highest BCUT2D eigenvalue weighted by Crippen LogP contribution is 2.32. The van der Waals surface area contributed by atoms with Gasteiger partial charge in [0.15, 0.2) is 5.82 Å². The van der Waals surface area contributed by atoms with E-state index in [-0.39, 0.29) is 17.1 Å². The van der Waals surface area contributed by atoms with Gasteiger partial charge in [0, 0.05) is 37.0 Å². The van der Waals surface area contributed by atoms with Gasteiger partial charge in [-0.3, -0.25) is 4.79 Å². The molecule has 0 radical (unpaired) electrons. The third-order valence-electron chi connectivity index (χ3n) is 5.49. The van der Waals surface area contributed by atoms with Crippen LogP contribution in [0.3, 0.4) is 0 Å².